The van der Waals surface area contributed by atoms with E-state index in [1.165, 1.54) is 0 Å². The van der Waals surface area contributed by atoms with Gasteiger partial charge in [-0.05, 0) is 24.8 Å². The molecule has 1 atom stereocenters. The Labute approximate surface area is 131 Å². The van der Waals surface area contributed by atoms with Crippen LogP contribution in [0.5, 0.6) is 0 Å². The number of hydrogen-bond donors (Lipinski definition) is 0. The van der Waals surface area contributed by atoms with E-state index in [4.69, 9.17) is 4.74 Å². The molecule has 0 bridgehead atoms. The first-order valence-electron chi connectivity index (χ1n) is 7.65. The molecule has 0 spiro atoms. The zero-order chi connectivity index (χ0) is 16.0. The quantitative estimate of drug-likeness (QED) is 0.620. The lowest BCUT2D eigenvalue weighted by atomic mass is 9.75. The maximum absolute atomic E-state index is 12.6. The zero-order valence-corrected chi connectivity index (χ0v) is 13.1. The van der Waals surface area contributed by atoms with Crippen molar-refractivity contribution < 1.29 is 14.3 Å². The van der Waals surface area contributed by atoms with Crippen LogP contribution in [0.3, 0.4) is 0 Å². The minimum Gasteiger partial charge on any atom is -0.461 e. The second-order valence-electron chi connectivity index (χ2n) is 5.87. The fourth-order valence-electron chi connectivity index (χ4n) is 3.06. The first kappa shape index (κ1) is 16.3. The van der Waals surface area contributed by atoms with E-state index in [1.807, 2.05) is 30.3 Å². The number of likely N-dealkylation sites (tertiary alicyclic amines) is 1. The molecular weight excluding hydrogens is 278 g/mol. The minimum atomic E-state index is -0.658. The third-order valence-electron chi connectivity index (χ3n) is 4.17. The number of nitrogens with zero attached hydrogens (tertiary/aromatic N) is 1. The number of amides is 1. The molecule has 1 aliphatic heterocycles. The molecule has 0 saturated carbocycles. The zero-order valence-electron chi connectivity index (χ0n) is 13.1. The lowest BCUT2D eigenvalue weighted by Gasteiger charge is -2.40. The molecule has 0 aromatic heterocycles. The Kier molecular flexibility index (Phi) is 5.36. The molecule has 1 heterocycles. The molecule has 1 amide bonds. The summed E-state index contributed by atoms with van der Waals surface area (Å²) in [5.74, 6) is -0.226. The molecule has 4 heteroatoms. The highest BCUT2D eigenvalue weighted by atomic mass is 16.5. The Balaban J connectivity index is 2.25. The molecule has 1 aliphatic rings. The molecule has 1 fully saturated rings. The van der Waals surface area contributed by atoms with E-state index in [0.29, 0.717) is 19.5 Å². The normalized spacial score (nSPS) is 21.2. The molecule has 0 aliphatic carbocycles. The number of ether oxygens (including phenoxy) is 1. The van der Waals surface area contributed by atoms with Gasteiger partial charge in [-0.1, -0.05) is 43.0 Å². The Bertz CT molecular complexity index is 541. The van der Waals surface area contributed by atoms with Crippen molar-refractivity contribution >= 4 is 11.9 Å². The number of piperidine rings is 1. The number of rotatable bonds is 5. The molecule has 1 unspecified atom stereocenters. The highest BCUT2D eigenvalue weighted by molar-refractivity contribution is 5.80. The van der Waals surface area contributed by atoms with Gasteiger partial charge in [-0.15, -0.1) is 0 Å². The predicted octanol–water partition coefficient (Wildman–Crippen LogP) is 2.59. The second-order valence-corrected chi connectivity index (χ2v) is 5.87. The monoisotopic (exact) mass is 301 g/mol. The van der Waals surface area contributed by atoms with Crippen LogP contribution in [0, 0.1) is 5.41 Å². The van der Waals surface area contributed by atoms with Gasteiger partial charge >= 0.3 is 5.97 Å². The highest BCUT2D eigenvalue weighted by Gasteiger charge is 2.44. The fourth-order valence-corrected chi connectivity index (χ4v) is 3.06. The van der Waals surface area contributed by atoms with Crippen LogP contribution in [0.15, 0.2) is 43.0 Å². The van der Waals surface area contributed by atoms with Gasteiger partial charge in [0.1, 0.15) is 6.61 Å². The third kappa shape index (κ3) is 3.75. The minimum absolute atomic E-state index is 0.00802. The van der Waals surface area contributed by atoms with Crippen LogP contribution in [0.1, 0.15) is 25.3 Å². The summed E-state index contributed by atoms with van der Waals surface area (Å²) < 4.78 is 5.34. The van der Waals surface area contributed by atoms with E-state index in [0.717, 1.165) is 18.4 Å². The van der Waals surface area contributed by atoms with Crippen LogP contribution in [-0.4, -0.2) is 36.5 Å². The van der Waals surface area contributed by atoms with Gasteiger partial charge in [0.25, 0.3) is 0 Å². The van der Waals surface area contributed by atoms with Crippen LogP contribution in [0.2, 0.25) is 0 Å². The van der Waals surface area contributed by atoms with E-state index in [9.17, 15) is 9.59 Å². The Morgan fingerprint density at radius 2 is 2.09 bits per heavy atom. The largest absolute Gasteiger partial charge is 0.461 e. The Hall–Kier alpha value is -2.10. The van der Waals surface area contributed by atoms with Crippen LogP contribution in [0.4, 0.5) is 0 Å². The molecule has 0 radical (unpaired) electrons. The lowest BCUT2D eigenvalue weighted by molar-refractivity contribution is -0.159. The fraction of sp³-hybridized carbons (Fsp3) is 0.444. The average molecular weight is 301 g/mol. The summed E-state index contributed by atoms with van der Waals surface area (Å²) in [6.45, 7) is 6.47. The predicted molar refractivity (Wildman–Crippen MR) is 85.2 cm³/mol. The number of esters is 1. The van der Waals surface area contributed by atoms with Crippen LogP contribution in [0.25, 0.3) is 0 Å². The summed E-state index contributed by atoms with van der Waals surface area (Å²) in [4.78, 5) is 26.1. The second kappa shape index (κ2) is 7.25. The summed E-state index contributed by atoms with van der Waals surface area (Å²) in [6.07, 6.45) is 3.71. The Morgan fingerprint density at radius 1 is 1.36 bits per heavy atom. The molecule has 4 nitrogen and oxygen atoms in total. The van der Waals surface area contributed by atoms with Crippen molar-refractivity contribution in [3.63, 3.8) is 0 Å². The van der Waals surface area contributed by atoms with Gasteiger partial charge < -0.3 is 9.64 Å². The van der Waals surface area contributed by atoms with Crippen molar-refractivity contribution in [1.82, 2.24) is 4.90 Å². The van der Waals surface area contributed by atoms with Crippen molar-refractivity contribution in [2.24, 2.45) is 5.41 Å². The molecule has 0 N–H and O–H groups in total. The van der Waals surface area contributed by atoms with Gasteiger partial charge in [0.05, 0.1) is 5.41 Å². The number of benzene rings is 1. The Morgan fingerprint density at radius 3 is 2.73 bits per heavy atom. The first-order chi connectivity index (χ1) is 10.6. The van der Waals surface area contributed by atoms with E-state index < -0.39 is 5.41 Å². The first-order valence-corrected chi connectivity index (χ1v) is 7.65. The van der Waals surface area contributed by atoms with Gasteiger partial charge in [-0.3, -0.25) is 9.59 Å². The van der Waals surface area contributed by atoms with Gasteiger partial charge in [0, 0.05) is 20.0 Å². The molecular formula is C18H23NO3. The topological polar surface area (TPSA) is 46.6 Å². The van der Waals surface area contributed by atoms with Crippen molar-refractivity contribution in [3.05, 3.63) is 48.6 Å². The molecule has 1 aromatic carbocycles. The van der Waals surface area contributed by atoms with E-state index in [2.05, 4.69) is 6.58 Å². The number of hydrogen-bond acceptors (Lipinski definition) is 3. The maximum atomic E-state index is 12.6. The average Bonchev–Trinajstić information content (AvgIpc) is 2.53. The van der Waals surface area contributed by atoms with Gasteiger partial charge in [0.15, 0.2) is 0 Å². The van der Waals surface area contributed by atoms with Crippen molar-refractivity contribution in [2.45, 2.75) is 26.2 Å². The van der Waals surface area contributed by atoms with Gasteiger partial charge in [-0.2, -0.15) is 0 Å². The maximum Gasteiger partial charge on any atom is 0.314 e. The van der Waals surface area contributed by atoms with Crippen LogP contribution < -0.4 is 0 Å². The SMILES string of the molecule is C=CCOC(=O)C1(Cc2ccccc2)CCCN(C(C)=O)C1. The molecule has 2 rings (SSSR count). The summed E-state index contributed by atoms with van der Waals surface area (Å²) in [6, 6.07) is 9.90. The van der Waals surface area contributed by atoms with E-state index in [1.54, 1.807) is 17.9 Å². The van der Waals surface area contributed by atoms with Crippen molar-refractivity contribution in [1.29, 1.82) is 0 Å². The summed E-state index contributed by atoms with van der Waals surface area (Å²) in [5.41, 5.74) is 0.428. The number of carbonyl (C=O) groups is 2. The summed E-state index contributed by atoms with van der Waals surface area (Å²) in [7, 11) is 0. The third-order valence-corrected chi connectivity index (χ3v) is 4.17. The van der Waals surface area contributed by atoms with Gasteiger partial charge in [-0.25, -0.2) is 0 Å². The molecule has 1 aromatic rings. The van der Waals surface area contributed by atoms with E-state index >= 15 is 0 Å². The molecule has 22 heavy (non-hydrogen) atoms. The standard InChI is InChI=1S/C18H23NO3/c1-3-12-22-17(21)18(13-16-8-5-4-6-9-16)10-7-11-19(14-18)15(2)20/h3-6,8-9H,1,7,10-14H2,2H3. The van der Waals surface area contributed by atoms with Crippen molar-refractivity contribution in [3.8, 4) is 0 Å². The lowest BCUT2D eigenvalue weighted by Crippen LogP contribution is -2.51. The van der Waals surface area contributed by atoms with Crippen LogP contribution in [-0.2, 0) is 20.7 Å². The van der Waals surface area contributed by atoms with Crippen molar-refractivity contribution in [2.75, 3.05) is 19.7 Å². The summed E-state index contributed by atoms with van der Waals surface area (Å²) >= 11 is 0. The molecule has 1 saturated heterocycles. The highest BCUT2D eigenvalue weighted by Crippen LogP contribution is 2.35. The molecule has 118 valence electrons. The number of carbonyl (C=O) groups excluding carboxylic acids is 2. The smallest absolute Gasteiger partial charge is 0.314 e. The van der Waals surface area contributed by atoms with E-state index in [-0.39, 0.29) is 18.5 Å². The summed E-state index contributed by atoms with van der Waals surface area (Å²) in [5, 5.41) is 0. The van der Waals surface area contributed by atoms with Crippen LogP contribution >= 0.6 is 0 Å². The van der Waals surface area contributed by atoms with Gasteiger partial charge in [0.2, 0.25) is 5.91 Å².